The first-order valence-electron chi connectivity index (χ1n) is 8.16. The van der Waals surface area contributed by atoms with Gasteiger partial charge in [0.05, 0.1) is 12.5 Å². The molecule has 1 atom stereocenters. The molecule has 0 unspecified atom stereocenters. The summed E-state index contributed by atoms with van der Waals surface area (Å²) in [7, 11) is 0. The quantitative estimate of drug-likeness (QED) is 0.892. The number of hydrogen-bond acceptors (Lipinski definition) is 5. The van der Waals surface area contributed by atoms with Gasteiger partial charge in [-0.05, 0) is 50.4 Å². The van der Waals surface area contributed by atoms with E-state index in [0.29, 0.717) is 19.0 Å². The maximum absolute atomic E-state index is 12.3. The van der Waals surface area contributed by atoms with Crippen molar-refractivity contribution < 1.29 is 9.21 Å². The monoisotopic (exact) mass is 330 g/mol. The Balaban J connectivity index is 1.59. The summed E-state index contributed by atoms with van der Waals surface area (Å²) in [4.78, 5) is 25.5. The van der Waals surface area contributed by atoms with Gasteiger partial charge in [-0.2, -0.15) is 0 Å². The molecule has 1 amide bonds. The van der Waals surface area contributed by atoms with Crippen molar-refractivity contribution in [3.05, 3.63) is 45.8 Å². The number of aromatic amines is 1. The lowest BCUT2D eigenvalue weighted by Crippen LogP contribution is -2.40. The molecule has 1 saturated heterocycles. The number of anilines is 1. The van der Waals surface area contributed by atoms with E-state index in [-0.39, 0.29) is 11.8 Å². The minimum absolute atomic E-state index is 0.0344. The Labute approximate surface area is 140 Å². The van der Waals surface area contributed by atoms with Gasteiger partial charge in [-0.3, -0.25) is 9.69 Å². The lowest BCUT2D eigenvalue weighted by Gasteiger charge is -2.30. The Morgan fingerprint density at radius 2 is 2.29 bits per heavy atom. The van der Waals surface area contributed by atoms with Gasteiger partial charge < -0.3 is 9.73 Å². The Bertz CT molecular complexity index is 780. The van der Waals surface area contributed by atoms with Gasteiger partial charge in [-0.25, -0.2) is 9.89 Å². The van der Waals surface area contributed by atoms with E-state index in [1.165, 1.54) is 0 Å². The average Bonchev–Trinajstić information content (AvgIpc) is 2.98. The second kappa shape index (κ2) is 7.00. The van der Waals surface area contributed by atoms with E-state index in [1.807, 2.05) is 32.0 Å². The number of benzene rings is 1. The fourth-order valence-corrected chi connectivity index (χ4v) is 3.08. The molecule has 2 N–H and O–H groups in total. The minimum Gasteiger partial charge on any atom is -0.392 e. The number of carbonyl (C=O) groups excluding carboxylic acids is 1. The molecule has 1 aliphatic rings. The van der Waals surface area contributed by atoms with Gasteiger partial charge in [0, 0.05) is 12.2 Å². The molecule has 1 aromatic carbocycles. The van der Waals surface area contributed by atoms with Crippen LogP contribution in [0.1, 0.15) is 35.8 Å². The van der Waals surface area contributed by atoms with E-state index in [1.54, 1.807) is 0 Å². The predicted molar refractivity (Wildman–Crippen MR) is 90.1 cm³/mol. The lowest BCUT2D eigenvalue weighted by atomic mass is 9.98. The zero-order chi connectivity index (χ0) is 17.1. The molecule has 7 nitrogen and oxygen atoms in total. The molecule has 24 heavy (non-hydrogen) atoms. The predicted octanol–water partition coefficient (Wildman–Crippen LogP) is 1.80. The number of rotatable bonds is 4. The third-order valence-electron chi connectivity index (χ3n) is 4.34. The molecule has 0 spiro atoms. The van der Waals surface area contributed by atoms with Crippen LogP contribution in [-0.2, 0) is 4.79 Å². The van der Waals surface area contributed by atoms with Gasteiger partial charge in [-0.1, -0.05) is 12.1 Å². The van der Waals surface area contributed by atoms with E-state index in [2.05, 4.69) is 20.4 Å². The van der Waals surface area contributed by atoms with Crippen LogP contribution in [-0.4, -0.2) is 40.6 Å². The number of carbonyl (C=O) groups is 1. The lowest BCUT2D eigenvalue weighted by molar-refractivity contribution is -0.117. The first kappa shape index (κ1) is 16.4. The average molecular weight is 330 g/mol. The smallest absolute Gasteiger partial charge is 0.392 e. The van der Waals surface area contributed by atoms with E-state index in [4.69, 9.17) is 4.42 Å². The molecule has 0 saturated carbocycles. The highest BCUT2D eigenvalue weighted by Gasteiger charge is 2.26. The van der Waals surface area contributed by atoms with Crippen molar-refractivity contribution in [2.75, 3.05) is 25.0 Å². The number of nitrogens with one attached hydrogen (secondary N) is 2. The number of aromatic nitrogens is 2. The van der Waals surface area contributed by atoms with Crippen molar-refractivity contribution in [2.24, 2.45) is 0 Å². The van der Waals surface area contributed by atoms with Crippen molar-refractivity contribution in [3.8, 4) is 0 Å². The van der Waals surface area contributed by atoms with Crippen molar-refractivity contribution in [1.29, 1.82) is 0 Å². The highest BCUT2D eigenvalue weighted by molar-refractivity contribution is 5.93. The van der Waals surface area contributed by atoms with Gasteiger partial charge in [-0.15, -0.1) is 5.10 Å². The Morgan fingerprint density at radius 3 is 3.04 bits per heavy atom. The van der Waals surface area contributed by atoms with E-state index in [9.17, 15) is 9.59 Å². The summed E-state index contributed by atoms with van der Waals surface area (Å²) in [5.41, 5.74) is 3.01. The van der Waals surface area contributed by atoms with Crippen LogP contribution in [0.5, 0.6) is 0 Å². The SMILES string of the molecule is Cc1ccc(C)c(NC(=O)CN2CCC[C@H](c3n[nH]c(=O)o3)C2)c1. The molecular weight excluding hydrogens is 308 g/mol. The van der Waals surface area contributed by atoms with Crippen LogP contribution in [0.25, 0.3) is 0 Å². The topological polar surface area (TPSA) is 91.2 Å². The highest BCUT2D eigenvalue weighted by Crippen LogP contribution is 2.24. The summed E-state index contributed by atoms with van der Waals surface area (Å²) in [5.74, 6) is -0.0894. The normalized spacial score (nSPS) is 18.5. The van der Waals surface area contributed by atoms with Crippen LogP contribution in [0.3, 0.4) is 0 Å². The molecule has 1 aromatic heterocycles. The van der Waals surface area contributed by atoms with Crippen molar-refractivity contribution in [2.45, 2.75) is 32.6 Å². The molecule has 2 heterocycles. The number of piperidine rings is 1. The van der Waals surface area contributed by atoms with Crippen LogP contribution in [0.15, 0.2) is 27.4 Å². The molecule has 3 rings (SSSR count). The van der Waals surface area contributed by atoms with Crippen LogP contribution < -0.4 is 11.1 Å². The number of amides is 1. The summed E-state index contributed by atoms with van der Waals surface area (Å²) < 4.78 is 5.05. The summed E-state index contributed by atoms with van der Waals surface area (Å²) >= 11 is 0. The minimum atomic E-state index is -0.533. The fraction of sp³-hybridized carbons (Fsp3) is 0.471. The van der Waals surface area contributed by atoms with Crippen molar-refractivity contribution in [3.63, 3.8) is 0 Å². The second-order valence-electron chi connectivity index (χ2n) is 6.39. The van der Waals surface area contributed by atoms with Gasteiger partial charge in [0.15, 0.2) is 0 Å². The number of aryl methyl sites for hydroxylation is 2. The van der Waals surface area contributed by atoms with Crippen LogP contribution in [0, 0.1) is 13.8 Å². The summed E-state index contributed by atoms with van der Waals surface area (Å²) in [6.45, 7) is 5.81. The number of H-pyrrole nitrogens is 1. The molecule has 0 aliphatic carbocycles. The molecule has 7 heteroatoms. The fourth-order valence-electron chi connectivity index (χ4n) is 3.08. The molecule has 2 aromatic rings. The van der Waals surface area contributed by atoms with Gasteiger partial charge >= 0.3 is 5.76 Å². The standard InChI is InChI=1S/C17H22N4O3/c1-11-5-6-12(2)14(8-11)18-15(22)10-21-7-3-4-13(9-21)16-19-20-17(23)24-16/h5-6,8,13H,3-4,7,9-10H2,1-2H3,(H,18,22)(H,20,23)/t13-/m0/s1. The largest absolute Gasteiger partial charge is 0.434 e. The van der Waals surface area contributed by atoms with E-state index >= 15 is 0 Å². The van der Waals surface area contributed by atoms with E-state index < -0.39 is 5.76 Å². The molecule has 1 aliphatic heterocycles. The Kier molecular flexibility index (Phi) is 4.80. The maximum atomic E-state index is 12.3. The maximum Gasteiger partial charge on any atom is 0.434 e. The number of hydrogen-bond donors (Lipinski definition) is 2. The first-order chi connectivity index (χ1) is 11.5. The first-order valence-corrected chi connectivity index (χ1v) is 8.16. The molecule has 0 bridgehead atoms. The molecule has 0 radical (unpaired) electrons. The zero-order valence-corrected chi connectivity index (χ0v) is 14.0. The Morgan fingerprint density at radius 1 is 1.46 bits per heavy atom. The third-order valence-corrected chi connectivity index (χ3v) is 4.34. The molecule has 1 fully saturated rings. The van der Waals surface area contributed by atoms with Crippen molar-refractivity contribution >= 4 is 11.6 Å². The second-order valence-corrected chi connectivity index (χ2v) is 6.39. The van der Waals surface area contributed by atoms with Gasteiger partial charge in [0.25, 0.3) is 0 Å². The van der Waals surface area contributed by atoms with Gasteiger partial charge in [0.1, 0.15) is 0 Å². The third kappa shape index (κ3) is 3.91. The highest BCUT2D eigenvalue weighted by atomic mass is 16.4. The summed E-state index contributed by atoms with van der Waals surface area (Å²) in [6.07, 6.45) is 1.85. The van der Waals surface area contributed by atoms with Crippen LogP contribution >= 0.6 is 0 Å². The summed E-state index contributed by atoms with van der Waals surface area (Å²) in [6, 6.07) is 6.00. The van der Waals surface area contributed by atoms with E-state index in [0.717, 1.165) is 36.2 Å². The summed E-state index contributed by atoms with van der Waals surface area (Å²) in [5, 5.41) is 9.19. The van der Waals surface area contributed by atoms with Gasteiger partial charge in [0.2, 0.25) is 11.8 Å². The van der Waals surface area contributed by atoms with Crippen LogP contribution in [0.4, 0.5) is 5.69 Å². The van der Waals surface area contributed by atoms with Crippen molar-refractivity contribution in [1.82, 2.24) is 15.1 Å². The zero-order valence-electron chi connectivity index (χ0n) is 14.0. The number of nitrogens with zero attached hydrogens (tertiary/aromatic N) is 2. The molecule has 128 valence electrons. The Hall–Kier alpha value is -2.41. The molecular formula is C17H22N4O3. The van der Waals surface area contributed by atoms with Crippen LogP contribution in [0.2, 0.25) is 0 Å². The number of likely N-dealkylation sites (tertiary alicyclic amines) is 1.